The number of carbonyl (C=O) groups excluding carboxylic acids is 1. The molecule has 0 heterocycles. The zero-order valence-electron chi connectivity index (χ0n) is 21.8. The van der Waals surface area contributed by atoms with E-state index in [4.69, 9.17) is 16.3 Å². The lowest BCUT2D eigenvalue weighted by molar-refractivity contribution is -0.384. The van der Waals surface area contributed by atoms with Gasteiger partial charge in [-0.3, -0.25) is 19.2 Å². The van der Waals surface area contributed by atoms with Crippen LogP contribution < -0.4 is 14.5 Å². The van der Waals surface area contributed by atoms with Gasteiger partial charge in [-0.05, 0) is 84.8 Å². The number of nitrogens with one attached hydrogen (secondary N) is 1. The van der Waals surface area contributed by atoms with Crippen LogP contribution in [0.5, 0.6) is 5.75 Å². The minimum atomic E-state index is -4.08. The quantitative estimate of drug-likeness (QED) is 0.139. The standard InChI is InChI=1S/C29H25ClN4O6S/c1-21-5-15-28(16-6-21)41(38,39)33(26-4-2-3-24(30)17-26)19-29(35)32-31-18-22-9-13-27(14-10-22)40-20-23-7-11-25(12-8-23)34(36)37/h2-18H,19-20H2,1H3,(H,32,35)/b31-18-. The van der Waals surface area contributed by atoms with Gasteiger partial charge in [0.15, 0.2) is 0 Å². The number of carbonyl (C=O) groups is 1. The first kappa shape index (κ1) is 29.2. The Kier molecular flexibility index (Phi) is 9.33. The van der Waals surface area contributed by atoms with Crippen molar-refractivity contribution in [3.05, 3.63) is 129 Å². The van der Waals surface area contributed by atoms with Gasteiger partial charge in [0.2, 0.25) is 0 Å². The molecule has 0 aliphatic heterocycles. The Hall–Kier alpha value is -4.74. The number of rotatable bonds is 11. The van der Waals surface area contributed by atoms with Crippen molar-refractivity contribution in [1.29, 1.82) is 0 Å². The van der Waals surface area contributed by atoms with Crippen LogP contribution in [0.2, 0.25) is 5.02 Å². The number of aryl methyl sites for hydroxylation is 1. The van der Waals surface area contributed by atoms with E-state index in [9.17, 15) is 23.3 Å². The third kappa shape index (κ3) is 7.90. The molecule has 0 saturated carbocycles. The van der Waals surface area contributed by atoms with Gasteiger partial charge in [0.1, 0.15) is 18.9 Å². The number of halogens is 1. The number of ether oxygens (including phenoxy) is 1. The average molecular weight is 593 g/mol. The number of nitrogens with zero attached hydrogens (tertiary/aromatic N) is 3. The van der Waals surface area contributed by atoms with Gasteiger partial charge in [-0.25, -0.2) is 13.8 Å². The Morgan fingerprint density at radius 1 is 1.02 bits per heavy atom. The van der Waals surface area contributed by atoms with Gasteiger partial charge >= 0.3 is 0 Å². The molecule has 0 aliphatic carbocycles. The SMILES string of the molecule is Cc1ccc(S(=O)(=O)N(CC(=O)N/N=C\c2ccc(OCc3ccc([N+](=O)[O-])cc3)cc2)c2cccc(Cl)c2)cc1. The van der Waals surface area contributed by atoms with Gasteiger partial charge in [0.05, 0.1) is 21.7 Å². The number of hydrogen-bond donors (Lipinski definition) is 1. The summed E-state index contributed by atoms with van der Waals surface area (Å²) in [4.78, 5) is 23.1. The normalized spacial score (nSPS) is 11.3. The molecular formula is C29H25ClN4O6S. The number of hydrogen-bond acceptors (Lipinski definition) is 7. The summed E-state index contributed by atoms with van der Waals surface area (Å²) in [6.45, 7) is 1.55. The van der Waals surface area contributed by atoms with Crippen molar-refractivity contribution in [3.63, 3.8) is 0 Å². The number of hydrazone groups is 1. The molecule has 1 amide bonds. The molecule has 41 heavy (non-hydrogen) atoms. The molecule has 0 fully saturated rings. The minimum Gasteiger partial charge on any atom is -0.489 e. The van der Waals surface area contributed by atoms with E-state index in [1.807, 2.05) is 6.92 Å². The van der Waals surface area contributed by atoms with Gasteiger partial charge in [0, 0.05) is 17.2 Å². The van der Waals surface area contributed by atoms with Crippen molar-refractivity contribution in [1.82, 2.24) is 5.43 Å². The summed E-state index contributed by atoms with van der Waals surface area (Å²) in [7, 11) is -4.08. The molecular weight excluding hydrogens is 568 g/mol. The lowest BCUT2D eigenvalue weighted by Crippen LogP contribution is -2.39. The monoisotopic (exact) mass is 592 g/mol. The summed E-state index contributed by atoms with van der Waals surface area (Å²) in [5.41, 5.74) is 4.95. The highest BCUT2D eigenvalue weighted by atomic mass is 35.5. The molecule has 0 bridgehead atoms. The van der Waals surface area contributed by atoms with Crippen molar-refractivity contribution in [2.75, 3.05) is 10.8 Å². The van der Waals surface area contributed by atoms with Crippen LogP contribution in [0.4, 0.5) is 11.4 Å². The van der Waals surface area contributed by atoms with E-state index in [2.05, 4.69) is 10.5 Å². The Morgan fingerprint density at radius 3 is 2.34 bits per heavy atom. The predicted molar refractivity (Wildman–Crippen MR) is 157 cm³/mol. The maximum Gasteiger partial charge on any atom is 0.269 e. The lowest BCUT2D eigenvalue weighted by Gasteiger charge is -2.24. The number of anilines is 1. The molecule has 210 valence electrons. The van der Waals surface area contributed by atoms with Crippen molar-refractivity contribution in [3.8, 4) is 5.75 Å². The van der Waals surface area contributed by atoms with E-state index in [1.165, 1.54) is 36.5 Å². The topological polar surface area (TPSA) is 131 Å². The summed E-state index contributed by atoms with van der Waals surface area (Å²) < 4.78 is 33.5. The van der Waals surface area contributed by atoms with Gasteiger partial charge in [-0.15, -0.1) is 0 Å². The van der Waals surface area contributed by atoms with Crippen molar-refractivity contribution in [2.45, 2.75) is 18.4 Å². The molecule has 0 saturated heterocycles. The second-order valence-electron chi connectivity index (χ2n) is 8.88. The highest BCUT2D eigenvalue weighted by Gasteiger charge is 2.27. The van der Waals surface area contributed by atoms with Crippen LogP contribution in [0.25, 0.3) is 0 Å². The predicted octanol–water partition coefficient (Wildman–Crippen LogP) is 5.48. The van der Waals surface area contributed by atoms with E-state index < -0.39 is 27.4 Å². The third-order valence-corrected chi connectivity index (χ3v) is 7.85. The summed E-state index contributed by atoms with van der Waals surface area (Å²) in [6.07, 6.45) is 1.41. The van der Waals surface area contributed by atoms with Crippen LogP contribution in [-0.4, -0.2) is 32.0 Å². The maximum atomic E-state index is 13.4. The Balaban J connectivity index is 1.38. The maximum absolute atomic E-state index is 13.4. The van der Waals surface area contributed by atoms with Crippen molar-refractivity contribution in [2.24, 2.45) is 5.10 Å². The molecule has 4 aromatic rings. The van der Waals surface area contributed by atoms with Crippen molar-refractivity contribution < 1.29 is 22.9 Å². The van der Waals surface area contributed by atoms with Gasteiger partial charge < -0.3 is 4.74 Å². The average Bonchev–Trinajstić information content (AvgIpc) is 2.96. The zero-order valence-corrected chi connectivity index (χ0v) is 23.4. The van der Waals surface area contributed by atoms with Gasteiger partial charge in [-0.2, -0.15) is 5.10 Å². The number of sulfonamides is 1. The van der Waals surface area contributed by atoms with Crippen molar-refractivity contribution >= 4 is 45.1 Å². The zero-order chi connectivity index (χ0) is 29.4. The second-order valence-corrected chi connectivity index (χ2v) is 11.2. The molecule has 0 aromatic heterocycles. The Morgan fingerprint density at radius 2 is 1.71 bits per heavy atom. The molecule has 4 aromatic carbocycles. The number of amides is 1. The number of non-ortho nitro benzene ring substituents is 1. The minimum absolute atomic E-state index is 0.00884. The first-order chi connectivity index (χ1) is 19.6. The van der Waals surface area contributed by atoms with Crippen LogP contribution in [-0.2, 0) is 21.4 Å². The van der Waals surface area contributed by atoms with Crippen LogP contribution >= 0.6 is 11.6 Å². The third-order valence-electron chi connectivity index (χ3n) is 5.83. The van der Waals surface area contributed by atoms with Crippen LogP contribution in [0.15, 0.2) is 107 Å². The summed E-state index contributed by atoms with van der Waals surface area (Å²) in [5.74, 6) is -0.0806. The van der Waals surface area contributed by atoms with Gasteiger partial charge in [0.25, 0.3) is 21.6 Å². The number of nitro benzene ring substituents is 1. The summed E-state index contributed by atoms with van der Waals surface area (Å²) in [6, 6.07) is 25.5. The molecule has 0 spiro atoms. The fourth-order valence-electron chi connectivity index (χ4n) is 3.66. The highest BCUT2D eigenvalue weighted by Crippen LogP contribution is 2.26. The summed E-state index contributed by atoms with van der Waals surface area (Å²) >= 11 is 6.09. The molecule has 0 radical (unpaired) electrons. The van der Waals surface area contributed by atoms with E-state index in [0.29, 0.717) is 16.3 Å². The molecule has 12 heteroatoms. The van der Waals surface area contributed by atoms with Gasteiger partial charge in [-0.1, -0.05) is 35.4 Å². The number of benzene rings is 4. The first-order valence-electron chi connectivity index (χ1n) is 12.2. The van der Waals surface area contributed by atoms with Crippen LogP contribution in [0.3, 0.4) is 0 Å². The van der Waals surface area contributed by atoms with E-state index in [-0.39, 0.29) is 22.9 Å². The smallest absolute Gasteiger partial charge is 0.269 e. The van der Waals surface area contributed by atoms with E-state index >= 15 is 0 Å². The lowest BCUT2D eigenvalue weighted by atomic mass is 10.2. The fraction of sp³-hybridized carbons (Fsp3) is 0.103. The Bertz CT molecular complexity index is 1660. The van der Waals surface area contributed by atoms with Crippen LogP contribution in [0.1, 0.15) is 16.7 Å². The molecule has 4 rings (SSSR count). The molecule has 0 atom stereocenters. The molecule has 1 N–H and O–H groups in total. The second kappa shape index (κ2) is 13.1. The number of nitro groups is 1. The molecule has 0 unspecified atom stereocenters. The largest absolute Gasteiger partial charge is 0.489 e. The van der Waals surface area contributed by atoms with Crippen LogP contribution in [0, 0.1) is 17.0 Å². The summed E-state index contributed by atoms with van der Waals surface area (Å²) in [5, 5.41) is 15.0. The van der Waals surface area contributed by atoms with E-state index in [1.54, 1.807) is 66.7 Å². The molecule has 0 aliphatic rings. The highest BCUT2D eigenvalue weighted by molar-refractivity contribution is 7.92. The molecule has 10 nitrogen and oxygen atoms in total. The first-order valence-corrected chi connectivity index (χ1v) is 14.1. The fourth-order valence-corrected chi connectivity index (χ4v) is 5.26. The Labute approximate surface area is 242 Å². The van der Waals surface area contributed by atoms with E-state index in [0.717, 1.165) is 15.4 Å².